The van der Waals surface area contributed by atoms with Gasteiger partial charge in [0.15, 0.2) is 0 Å². The molecule has 134 valence electrons. The number of para-hydroxylation sites is 1. The van der Waals surface area contributed by atoms with E-state index in [-0.39, 0.29) is 11.5 Å². The van der Waals surface area contributed by atoms with E-state index in [0.29, 0.717) is 42.6 Å². The monoisotopic (exact) mass is 351 g/mol. The SMILES string of the molecule is O=C(CCCc1nc2ccccc2c(=O)[nH]1)OCCCc1cccnc1. The van der Waals surface area contributed by atoms with Crippen molar-refractivity contribution in [2.75, 3.05) is 6.61 Å². The van der Waals surface area contributed by atoms with E-state index in [9.17, 15) is 9.59 Å². The van der Waals surface area contributed by atoms with Crippen molar-refractivity contribution in [2.45, 2.75) is 32.1 Å². The topological polar surface area (TPSA) is 84.9 Å². The Morgan fingerprint density at radius 3 is 2.81 bits per heavy atom. The third kappa shape index (κ3) is 4.99. The molecular weight excluding hydrogens is 330 g/mol. The van der Waals surface area contributed by atoms with E-state index in [0.717, 1.165) is 18.4 Å². The summed E-state index contributed by atoms with van der Waals surface area (Å²) in [7, 11) is 0. The molecule has 0 bridgehead atoms. The van der Waals surface area contributed by atoms with Crippen molar-refractivity contribution in [3.05, 3.63) is 70.5 Å². The number of nitrogens with zero attached hydrogens (tertiary/aromatic N) is 2. The van der Waals surface area contributed by atoms with Crippen molar-refractivity contribution in [1.82, 2.24) is 15.0 Å². The number of nitrogens with one attached hydrogen (secondary N) is 1. The predicted molar refractivity (Wildman–Crippen MR) is 98.8 cm³/mol. The van der Waals surface area contributed by atoms with Gasteiger partial charge < -0.3 is 9.72 Å². The summed E-state index contributed by atoms with van der Waals surface area (Å²) < 4.78 is 5.24. The lowest BCUT2D eigenvalue weighted by Gasteiger charge is -2.05. The van der Waals surface area contributed by atoms with E-state index in [4.69, 9.17) is 4.74 Å². The molecule has 6 heteroatoms. The number of carbonyl (C=O) groups is 1. The average molecular weight is 351 g/mol. The molecule has 0 spiro atoms. The molecule has 0 radical (unpaired) electrons. The van der Waals surface area contributed by atoms with Gasteiger partial charge in [-0.3, -0.25) is 14.6 Å². The Morgan fingerprint density at radius 1 is 1.08 bits per heavy atom. The Bertz CT molecular complexity index is 922. The number of ether oxygens (including phenoxy) is 1. The van der Waals surface area contributed by atoms with Crippen LogP contribution in [0, 0.1) is 0 Å². The van der Waals surface area contributed by atoms with Crippen LogP contribution in [-0.4, -0.2) is 27.5 Å². The summed E-state index contributed by atoms with van der Waals surface area (Å²) in [5, 5.41) is 0.573. The van der Waals surface area contributed by atoms with Crippen LogP contribution in [0.4, 0.5) is 0 Å². The molecule has 0 aliphatic heterocycles. The summed E-state index contributed by atoms with van der Waals surface area (Å²) in [6.45, 7) is 0.402. The zero-order valence-corrected chi connectivity index (χ0v) is 14.5. The van der Waals surface area contributed by atoms with E-state index in [1.54, 1.807) is 12.3 Å². The number of rotatable bonds is 8. The summed E-state index contributed by atoms with van der Waals surface area (Å²) >= 11 is 0. The van der Waals surface area contributed by atoms with Crippen LogP contribution in [0.2, 0.25) is 0 Å². The quantitative estimate of drug-likeness (QED) is 0.498. The van der Waals surface area contributed by atoms with Gasteiger partial charge in [0, 0.05) is 25.2 Å². The van der Waals surface area contributed by atoms with Gasteiger partial charge in [0.05, 0.1) is 17.5 Å². The minimum Gasteiger partial charge on any atom is -0.466 e. The van der Waals surface area contributed by atoms with Crippen LogP contribution in [0.1, 0.15) is 30.7 Å². The Labute approximate surface area is 151 Å². The van der Waals surface area contributed by atoms with Crippen molar-refractivity contribution >= 4 is 16.9 Å². The van der Waals surface area contributed by atoms with Crippen LogP contribution in [0.3, 0.4) is 0 Å². The van der Waals surface area contributed by atoms with Gasteiger partial charge >= 0.3 is 5.97 Å². The number of esters is 1. The van der Waals surface area contributed by atoms with E-state index in [2.05, 4.69) is 15.0 Å². The second kappa shape index (κ2) is 8.89. The maximum Gasteiger partial charge on any atom is 0.305 e. The standard InChI is InChI=1S/C20H21N3O3/c24-19(26-13-5-7-15-6-4-12-21-14-15)11-3-10-18-22-17-9-2-1-8-16(17)20(25)23-18/h1-2,4,6,8-9,12,14H,3,5,7,10-11,13H2,(H,22,23,25). The Balaban J connectivity index is 1.39. The van der Waals surface area contributed by atoms with E-state index in [1.165, 1.54) is 0 Å². The molecule has 0 saturated carbocycles. The van der Waals surface area contributed by atoms with E-state index in [1.807, 2.05) is 36.5 Å². The molecule has 0 atom stereocenters. The highest BCUT2D eigenvalue weighted by molar-refractivity contribution is 5.77. The minimum absolute atomic E-state index is 0.149. The summed E-state index contributed by atoms with van der Waals surface area (Å²) in [5.41, 5.74) is 1.66. The fraction of sp³-hybridized carbons (Fsp3) is 0.300. The molecule has 1 N–H and O–H groups in total. The number of aromatic nitrogens is 3. The van der Waals surface area contributed by atoms with Crippen molar-refractivity contribution in [2.24, 2.45) is 0 Å². The van der Waals surface area contributed by atoms with Gasteiger partial charge in [-0.2, -0.15) is 0 Å². The highest BCUT2D eigenvalue weighted by Gasteiger charge is 2.06. The van der Waals surface area contributed by atoms with Crippen LogP contribution < -0.4 is 5.56 Å². The number of pyridine rings is 1. The van der Waals surface area contributed by atoms with E-state index >= 15 is 0 Å². The third-order valence-corrected chi connectivity index (χ3v) is 4.05. The lowest BCUT2D eigenvalue weighted by Crippen LogP contribution is -2.12. The van der Waals surface area contributed by atoms with Crippen molar-refractivity contribution in [3.8, 4) is 0 Å². The highest BCUT2D eigenvalue weighted by atomic mass is 16.5. The zero-order chi connectivity index (χ0) is 18.2. The van der Waals surface area contributed by atoms with Crippen LogP contribution in [0.15, 0.2) is 53.6 Å². The molecule has 0 fully saturated rings. The molecule has 0 aliphatic carbocycles. The normalized spacial score (nSPS) is 10.8. The summed E-state index contributed by atoms with van der Waals surface area (Å²) in [4.78, 5) is 35.0. The van der Waals surface area contributed by atoms with Gasteiger partial charge in [-0.15, -0.1) is 0 Å². The van der Waals surface area contributed by atoms with Gasteiger partial charge in [-0.05, 0) is 43.0 Å². The average Bonchev–Trinajstić information content (AvgIpc) is 2.66. The number of fused-ring (bicyclic) bond motifs is 1. The van der Waals surface area contributed by atoms with Gasteiger partial charge in [-0.1, -0.05) is 18.2 Å². The van der Waals surface area contributed by atoms with Crippen molar-refractivity contribution < 1.29 is 9.53 Å². The number of hydrogen-bond acceptors (Lipinski definition) is 5. The predicted octanol–water partition coefficient (Wildman–Crippen LogP) is 2.82. The molecule has 26 heavy (non-hydrogen) atoms. The van der Waals surface area contributed by atoms with Crippen molar-refractivity contribution in [3.63, 3.8) is 0 Å². The Morgan fingerprint density at radius 2 is 1.96 bits per heavy atom. The third-order valence-electron chi connectivity index (χ3n) is 4.05. The molecule has 2 aromatic heterocycles. The molecule has 0 amide bonds. The second-order valence-electron chi connectivity index (χ2n) is 6.07. The van der Waals surface area contributed by atoms with Crippen LogP contribution >= 0.6 is 0 Å². The van der Waals surface area contributed by atoms with Gasteiger partial charge in [0.25, 0.3) is 5.56 Å². The van der Waals surface area contributed by atoms with Crippen LogP contribution in [0.5, 0.6) is 0 Å². The molecular formula is C20H21N3O3. The first-order chi connectivity index (χ1) is 12.7. The smallest absolute Gasteiger partial charge is 0.305 e. The molecule has 0 saturated heterocycles. The lowest BCUT2D eigenvalue weighted by atomic mass is 10.2. The van der Waals surface area contributed by atoms with E-state index < -0.39 is 0 Å². The van der Waals surface area contributed by atoms with Gasteiger partial charge in [0.1, 0.15) is 5.82 Å². The molecule has 6 nitrogen and oxygen atoms in total. The highest BCUT2D eigenvalue weighted by Crippen LogP contribution is 2.08. The molecule has 3 aromatic rings. The number of H-pyrrole nitrogens is 1. The Hall–Kier alpha value is -3.02. The molecule has 1 aromatic carbocycles. The maximum absolute atomic E-state index is 12.0. The first-order valence-electron chi connectivity index (χ1n) is 8.75. The number of benzene rings is 1. The van der Waals surface area contributed by atoms with Crippen LogP contribution in [0.25, 0.3) is 10.9 Å². The maximum atomic E-state index is 12.0. The molecule has 0 aliphatic rings. The fourth-order valence-electron chi connectivity index (χ4n) is 2.73. The number of aryl methyl sites for hydroxylation is 2. The van der Waals surface area contributed by atoms with Gasteiger partial charge in [-0.25, -0.2) is 4.98 Å². The second-order valence-corrected chi connectivity index (χ2v) is 6.07. The summed E-state index contributed by atoms with van der Waals surface area (Å²) in [6.07, 6.45) is 6.59. The largest absolute Gasteiger partial charge is 0.466 e. The fourth-order valence-corrected chi connectivity index (χ4v) is 2.73. The number of hydrogen-bond donors (Lipinski definition) is 1. The molecule has 2 heterocycles. The summed E-state index contributed by atoms with van der Waals surface area (Å²) in [6, 6.07) is 11.1. The molecule has 3 rings (SSSR count). The minimum atomic E-state index is -0.223. The number of aromatic amines is 1. The lowest BCUT2D eigenvalue weighted by molar-refractivity contribution is -0.143. The Kier molecular flexibility index (Phi) is 6.09. The first kappa shape index (κ1) is 17.8. The number of carbonyl (C=O) groups excluding carboxylic acids is 1. The summed E-state index contributed by atoms with van der Waals surface area (Å²) in [5.74, 6) is 0.373. The van der Waals surface area contributed by atoms with Gasteiger partial charge in [0.2, 0.25) is 0 Å². The molecule has 0 unspecified atom stereocenters. The zero-order valence-electron chi connectivity index (χ0n) is 14.5. The first-order valence-corrected chi connectivity index (χ1v) is 8.75. The van der Waals surface area contributed by atoms with Crippen LogP contribution in [-0.2, 0) is 22.4 Å². The van der Waals surface area contributed by atoms with Crippen molar-refractivity contribution in [1.29, 1.82) is 0 Å².